The molecule has 2 aliphatic rings. The number of fused-ring (bicyclic) bond motifs is 2. The fourth-order valence-corrected chi connectivity index (χ4v) is 3.40. The van der Waals surface area contributed by atoms with Crippen LogP contribution in [-0.2, 0) is 0 Å². The Hall–Kier alpha value is -1.75. The van der Waals surface area contributed by atoms with Gasteiger partial charge >= 0.3 is 0 Å². The molecule has 5 nitrogen and oxygen atoms in total. The van der Waals surface area contributed by atoms with Gasteiger partial charge in [-0.25, -0.2) is 0 Å². The number of hydrogen-bond donors (Lipinski definition) is 1. The maximum Gasteiger partial charge on any atom is 0.298 e. The zero-order chi connectivity index (χ0) is 13.5. The van der Waals surface area contributed by atoms with Crippen LogP contribution < -0.4 is 10.6 Å². The zero-order valence-corrected chi connectivity index (χ0v) is 11.6. The highest BCUT2D eigenvalue weighted by atomic mass is 16.4. The Labute approximate surface area is 118 Å². The smallest absolute Gasteiger partial charge is 0.298 e. The van der Waals surface area contributed by atoms with Crippen molar-refractivity contribution in [2.75, 3.05) is 36.8 Å². The molecule has 0 aliphatic carbocycles. The third-order valence-corrected chi connectivity index (χ3v) is 4.51. The maximum atomic E-state index is 5.88. The summed E-state index contributed by atoms with van der Waals surface area (Å²) in [6.45, 7) is 4.40. The number of aromatic nitrogens is 1. The number of oxazole rings is 1. The van der Waals surface area contributed by atoms with Crippen LogP contribution in [0, 0.1) is 0 Å². The Morgan fingerprint density at radius 1 is 1.20 bits per heavy atom. The van der Waals surface area contributed by atoms with Gasteiger partial charge in [0.15, 0.2) is 5.58 Å². The minimum Gasteiger partial charge on any atom is -0.423 e. The molecule has 1 aromatic heterocycles. The second-order valence-corrected chi connectivity index (χ2v) is 5.86. The van der Waals surface area contributed by atoms with Crippen LogP contribution in [0.5, 0.6) is 0 Å². The fraction of sp³-hybridized carbons (Fsp3) is 0.533. The molecule has 3 heterocycles. The van der Waals surface area contributed by atoms with Crippen LogP contribution >= 0.6 is 0 Å². The molecule has 1 atom stereocenters. The van der Waals surface area contributed by atoms with E-state index in [1.165, 1.54) is 25.8 Å². The number of nitrogen functional groups attached to an aromatic ring is 1. The van der Waals surface area contributed by atoms with Gasteiger partial charge in [-0.05, 0) is 37.6 Å². The van der Waals surface area contributed by atoms with E-state index in [9.17, 15) is 0 Å². The zero-order valence-electron chi connectivity index (χ0n) is 11.6. The van der Waals surface area contributed by atoms with Crippen LogP contribution in [0.25, 0.3) is 11.1 Å². The third-order valence-electron chi connectivity index (χ3n) is 4.51. The molecule has 1 aromatic carbocycles. The molecule has 2 saturated heterocycles. The van der Waals surface area contributed by atoms with Gasteiger partial charge in [-0.3, -0.25) is 4.90 Å². The van der Waals surface area contributed by atoms with Gasteiger partial charge in [0.25, 0.3) is 6.01 Å². The summed E-state index contributed by atoms with van der Waals surface area (Å²) in [5.41, 5.74) is 8.20. The third kappa shape index (κ3) is 2.02. The first-order valence-corrected chi connectivity index (χ1v) is 7.45. The number of piperazine rings is 1. The molecule has 2 fully saturated rings. The number of piperidine rings is 1. The van der Waals surface area contributed by atoms with E-state index in [4.69, 9.17) is 10.2 Å². The van der Waals surface area contributed by atoms with Crippen molar-refractivity contribution in [3.05, 3.63) is 18.2 Å². The first kappa shape index (κ1) is 12.0. The van der Waals surface area contributed by atoms with E-state index >= 15 is 0 Å². The van der Waals surface area contributed by atoms with Gasteiger partial charge in [-0.2, -0.15) is 4.98 Å². The van der Waals surface area contributed by atoms with Gasteiger partial charge in [0.1, 0.15) is 5.52 Å². The highest BCUT2D eigenvalue weighted by Gasteiger charge is 2.30. The average Bonchev–Trinajstić information content (AvgIpc) is 2.89. The molecule has 0 amide bonds. The summed E-state index contributed by atoms with van der Waals surface area (Å²) in [4.78, 5) is 9.49. The van der Waals surface area contributed by atoms with E-state index < -0.39 is 0 Å². The lowest BCUT2D eigenvalue weighted by Crippen LogP contribution is -2.55. The second-order valence-electron chi connectivity index (χ2n) is 5.86. The Bertz CT molecular complexity index is 623. The van der Waals surface area contributed by atoms with E-state index in [2.05, 4.69) is 14.8 Å². The quantitative estimate of drug-likeness (QED) is 0.805. The van der Waals surface area contributed by atoms with Crippen molar-refractivity contribution in [3.8, 4) is 0 Å². The van der Waals surface area contributed by atoms with Crippen molar-refractivity contribution >= 4 is 22.8 Å². The van der Waals surface area contributed by atoms with E-state index in [0.29, 0.717) is 6.04 Å². The molecular formula is C15H20N4O. The number of benzene rings is 1. The summed E-state index contributed by atoms with van der Waals surface area (Å²) in [5, 5.41) is 0. The van der Waals surface area contributed by atoms with Crippen molar-refractivity contribution in [2.24, 2.45) is 0 Å². The predicted octanol–water partition coefficient (Wildman–Crippen LogP) is 2.08. The highest BCUT2D eigenvalue weighted by molar-refractivity contribution is 5.78. The molecule has 1 unspecified atom stereocenters. The first-order chi connectivity index (χ1) is 9.79. The second kappa shape index (κ2) is 4.66. The van der Waals surface area contributed by atoms with Crippen molar-refractivity contribution < 1.29 is 4.42 Å². The van der Waals surface area contributed by atoms with Crippen molar-refractivity contribution in [2.45, 2.75) is 25.3 Å². The van der Waals surface area contributed by atoms with Crippen LogP contribution in [0.1, 0.15) is 19.3 Å². The SMILES string of the molecule is Nc1ccc2oc(N3CCN4CCCCC4C3)nc2c1. The molecule has 2 N–H and O–H groups in total. The lowest BCUT2D eigenvalue weighted by molar-refractivity contribution is 0.131. The number of rotatable bonds is 1. The molecule has 0 saturated carbocycles. The molecule has 0 bridgehead atoms. The van der Waals surface area contributed by atoms with Crippen LogP contribution in [0.4, 0.5) is 11.7 Å². The summed E-state index contributed by atoms with van der Waals surface area (Å²) in [5.74, 6) is 0. The lowest BCUT2D eigenvalue weighted by atomic mass is 10.00. The van der Waals surface area contributed by atoms with Crippen molar-refractivity contribution in [1.29, 1.82) is 0 Å². The predicted molar refractivity (Wildman–Crippen MR) is 79.8 cm³/mol. The van der Waals surface area contributed by atoms with Crippen molar-refractivity contribution in [3.63, 3.8) is 0 Å². The minimum absolute atomic E-state index is 0.664. The normalized spacial score (nSPS) is 24.0. The number of nitrogens with zero attached hydrogens (tertiary/aromatic N) is 3. The van der Waals surface area contributed by atoms with Crippen molar-refractivity contribution in [1.82, 2.24) is 9.88 Å². The lowest BCUT2D eigenvalue weighted by Gasteiger charge is -2.43. The summed E-state index contributed by atoms with van der Waals surface area (Å²) < 4.78 is 5.88. The molecule has 0 radical (unpaired) electrons. The van der Waals surface area contributed by atoms with Gasteiger partial charge < -0.3 is 15.1 Å². The number of nitrogens with two attached hydrogens (primary N) is 1. The van der Waals surface area contributed by atoms with E-state index in [1.807, 2.05) is 18.2 Å². The Morgan fingerprint density at radius 2 is 2.15 bits per heavy atom. The van der Waals surface area contributed by atoms with Gasteiger partial charge in [0, 0.05) is 31.4 Å². The Kier molecular flexibility index (Phi) is 2.80. The van der Waals surface area contributed by atoms with Crippen LogP contribution in [-0.4, -0.2) is 42.1 Å². The summed E-state index contributed by atoms with van der Waals surface area (Å²) in [6.07, 6.45) is 3.99. The van der Waals surface area contributed by atoms with Gasteiger partial charge in [-0.15, -0.1) is 0 Å². The standard InChI is InChI=1S/C15H20N4O/c16-11-4-5-14-13(9-11)17-15(20-14)19-8-7-18-6-2-1-3-12(18)10-19/h4-5,9,12H,1-3,6-8,10,16H2. The highest BCUT2D eigenvalue weighted by Crippen LogP contribution is 2.27. The summed E-state index contributed by atoms with van der Waals surface area (Å²) in [7, 11) is 0. The molecule has 2 aliphatic heterocycles. The molecule has 20 heavy (non-hydrogen) atoms. The summed E-state index contributed by atoms with van der Waals surface area (Å²) >= 11 is 0. The van der Waals surface area contributed by atoms with Crippen LogP contribution in [0.2, 0.25) is 0 Å². The molecule has 5 heteroatoms. The van der Waals surface area contributed by atoms with Crippen LogP contribution in [0.3, 0.4) is 0 Å². The van der Waals surface area contributed by atoms with E-state index in [1.54, 1.807) is 0 Å². The van der Waals surface area contributed by atoms with Gasteiger partial charge in [-0.1, -0.05) is 6.42 Å². The van der Waals surface area contributed by atoms with Gasteiger partial charge in [0.05, 0.1) is 0 Å². The summed E-state index contributed by atoms with van der Waals surface area (Å²) in [6, 6.07) is 7.04. The number of anilines is 2. The first-order valence-electron chi connectivity index (χ1n) is 7.45. The molecule has 106 valence electrons. The Morgan fingerprint density at radius 3 is 3.10 bits per heavy atom. The monoisotopic (exact) mass is 272 g/mol. The number of hydrogen-bond acceptors (Lipinski definition) is 5. The molecule has 0 spiro atoms. The van der Waals surface area contributed by atoms with E-state index in [-0.39, 0.29) is 0 Å². The minimum atomic E-state index is 0.664. The topological polar surface area (TPSA) is 58.5 Å². The maximum absolute atomic E-state index is 5.88. The van der Waals surface area contributed by atoms with Gasteiger partial charge in [0.2, 0.25) is 0 Å². The van der Waals surface area contributed by atoms with E-state index in [0.717, 1.165) is 42.4 Å². The average molecular weight is 272 g/mol. The fourth-order valence-electron chi connectivity index (χ4n) is 3.40. The molecule has 4 rings (SSSR count). The van der Waals surface area contributed by atoms with Crippen LogP contribution in [0.15, 0.2) is 22.6 Å². The molecular weight excluding hydrogens is 252 g/mol. The molecule has 2 aromatic rings. The largest absolute Gasteiger partial charge is 0.423 e. The Balaban J connectivity index is 1.59.